The molecule has 0 saturated carbocycles. The van der Waals surface area contributed by atoms with Crippen LogP contribution in [0, 0.1) is 5.41 Å². The monoisotopic (exact) mass is 316 g/mol. The maximum Gasteiger partial charge on any atom is 0.254 e. The molecule has 3 heterocycles. The van der Waals surface area contributed by atoms with Gasteiger partial charge < -0.3 is 5.32 Å². The van der Waals surface area contributed by atoms with Crippen molar-refractivity contribution < 1.29 is 4.79 Å². The molecule has 1 amide bonds. The highest BCUT2D eigenvalue weighted by molar-refractivity contribution is 5.95. The highest BCUT2D eigenvalue weighted by Crippen LogP contribution is 2.25. The third kappa shape index (κ3) is 3.28. The minimum atomic E-state index is -0.101. The molecule has 0 saturated heterocycles. The summed E-state index contributed by atoms with van der Waals surface area (Å²) in [6.07, 6.45) is 4.52. The van der Waals surface area contributed by atoms with E-state index in [4.69, 9.17) is 0 Å². The predicted octanol–water partition coefficient (Wildman–Crippen LogP) is 1.59. The second-order valence-electron chi connectivity index (χ2n) is 8.04. The molecule has 124 valence electrons. The van der Waals surface area contributed by atoms with Crippen LogP contribution < -0.4 is 5.32 Å². The van der Waals surface area contributed by atoms with E-state index < -0.39 is 0 Å². The Hall–Kier alpha value is -2.18. The zero-order valence-electron chi connectivity index (χ0n) is 14.4. The van der Waals surface area contributed by atoms with Crippen LogP contribution in [-0.4, -0.2) is 37.2 Å². The fourth-order valence-corrected chi connectivity index (χ4v) is 2.66. The quantitative estimate of drug-likeness (QED) is 0.912. The number of carbonyl (C=O) groups excluding carboxylic acids is 1. The molecule has 2 aromatic rings. The summed E-state index contributed by atoms with van der Waals surface area (Å²) in [4.78, 5) is 12.2. The lowest BCUT2D eigenvalue weighted by Gasteiger charge is -2.21. The van der Waals surface area contributed by atoms with E-state index in [1.54, 1.807) is 4.68 Å². The lowest BCUT2D eigenvalue weighted by molar-refractivity contribution is 0.0944. The van der Waals surface area contributed by atoms with Gasteiger partial charge in [-0.15, -0.1) is 5.10 Å². The minimum Gasteiger partial charge on any atom is -0.351 e. The molecule has 7 nitrogen and oxygen atoms in total. The van der Waals surface area contributed by atoms with Crippen LogP contribution in [0.5, 0.6) is 0 Å². The van der Waals surface area contributed by atoms with Crippen LogP contribution in [0.1, 0.15) is 56.4 Å². The van der Waals surface area contributed by atoms with Gasteiger partial charge in [-0.25, -0.2) is 4.68 Å². The van der Waals surface area contributed by atoms with Crippen LogP contribution in [0.3, 0.4) is 0 Å². The van der Waals surface area contributed by atoms with Gasteiger partial charge in [0.2, 0.25) is 0 Å². The van der Waals surface area contributed by atoms with Crippen molar-refractivity contribution >= 4 is 5.91 Å². The van der Waals surface area contributed by atoms with E-state index in [0.717, 1.165) is 17.8 Å². The minimum absolute atomic E-state index is 0.00939. The fraction of sp³-hybridized carbons (Fsp3) is 0.625. The largest absolute Gasteiger partial charge is 0.351 e. The molecular formula is C16H24N6O. The number of rotatable bonds is 2. The molecule has 0 unspecified atom stereocenters. The van der Waals surface area contributed by atoms with Crippen molar-refractivity contribution in [3.05, 3.63) is 29.3 Å². The summed E-state index contributed by atoms with van der Waals surface area (Å²) in [5.74, 6) is -0.0461. The summed E-state index contributed by atoms with van der Waals surface area (Å²) in [6.45, 7) is 11.7. The van der Waals surface area contributed by atoms with Gasteiger partial charge in [-0.1, -0.05) is 19.1 Å². The number of hydrogen-bond acceptors (Lipinski definition) is 4. The molecule has 3 rings (SSSR count). The molecule has 2 aromatic heterocycles. The van der Waals surface area contributed by atoms with Gasteiger partial charge in [0.25, 0.3) is 5.91 Å². The average Bonchev–Trinajstić information content (AvgIpc) is 3.01. The summed E-state index contributed by atoms with van der Waals surface area (Å²) in [5, 5.41) is 15.9. The van der Waals surface area contributed by atoms with E-state index in [1.807, 2.05) is 17.1 Å². The van der Waals surface area contributed by atoms with Crippen LogP contribution in [0.25, 0.3) is 0 Å². The van der Waals surface area contributed by atoms with Crippen molar-refractivity contribution in [1.29, 1.82) is 0 Å². The maximum absolute atomic E-state index is 12.2. The lowest BCUT2D eigenvalue weighted by atomic mass is 9.88. The molecule has 0 fully saturated rings. The van der Waals surface area contributed by atoms with Crippen LogP contribution in [0.15, 0.2) is 12.4 Å². The van der Waals surface area contributed by atoms with Crippen molar-refractivity contribution in [2.45, 2.75) is 53.1 Å². The molecule has 0 spiro atoms. The molecule has 7 heteroatoms. The number of nitrogens with zero attached hydrogens (tertiary/aromatic N) is 5. The van der Waals surface area contributed by atoms with Crippen LogP contribution in [0.2, 0.25) is 0 Å². The van der Waals surface area contributed by atoms with Gasteiger partial charge in [0, 0.05) is 12.7 Å². The molecule has 0 atom stereocenters. The Kier molecular flexibility index (Phi) is 3.54. The van der Waals surface area contributed by atoms with E-state index >= 15 is 0 Å². The fourth-order valence-electron chi connectivity index (χ4n) is 2.66. The number of hydrogen-bond donors (Lipinski definition) is 1. The highest BCUT2D eigenvalue weighted by atomic mass is 16.1. The molecule has 1 aliphatic heterocycles. The van der Waals surface area contributed by atoms with Gasteiger partial charge in [-0.05, 0) is 32.6 Å². The molecule has 23 heavy (non-hydrogen) atoms. The van der Waals surface area contributed by atoms with E-state index in [0.29, 0.717) is 18.7 Å². The topological polar surface area (TPSA) is 77.6 Å². The van der Waals surface area contributed by atoms with Crippen molar-refractivity contribution in [3.8, 4) is 0 Å². The van der Waals surface area contributed by atoms with Gasteiger partial charge in [-0.3, -0.25) is 9.48 Å². The summed E-state index contributed by atoms with van der Waals surface area (Å²) >= 11 is 0. The first kappa shape index (κ1) is 15.7. The first-order valence-corrected chi connectivity index (χ1v) is 7.90. The van der Waals surface area contributed by atoms with E-state index in [2.05, 4.69) is 55.3 Å². The molecule has 0 aliphatic carbocycles. The molecule has 1 N–H and O–H groups in total. The Morgan fingerprint density at radius 1 is 1.30 bits per heavy atom. The normalized spacial score (nSPS) is 17.5. The van der Waals surface area contributed by atoms with Crippen LogP contribution in [-0.2, 0) is 18.5 Å². The number of amides is 1. The zero-order valence-corrected chi connectivity index (χ0v) is 14.4. The number of nitrogens with one attached hydrogen (secondary N) is 1. The van der Waals surface area contributed by atoms with Gasteiger partial charge in [0.1, 0.15) is 5.69 Å². The first-order valence-electron chi connectivity index (χ1n) is 7.90. The number of aromatic nitrogens is 5. The van der Waals surface area contributed by atoms with Crippen molar-refractivity contribution in [2.75, 3.05) is 6.54 Å². The van der Waals surface area contributed by atoms with Crippen LogP contribution >= 0.6 is 0 Å². The Morgan fingerprint density at radius 2 is 2.04 bits per heavy atom. The van der Waals surface area contributed by atoms with Crippen LogP contribution in [0.4, 0.5) is 0 Å². The van der Waals surface area contributed by atoms with Gasteiger partial charge >= 0.3 is 0 Å². The standard InChI is InChI=1S/C16H24N6O/c1-15(2,3)22-8-11(18-20-22)7-21-9-12-13(19-21)6-16(4,5)10-17-14(12)23/h8-9H,6-7,10H2,1-5H3,(H,17,23). The van der Waals surface area contributed by atoms with Crippen molar-refractivity contribution in [1.82, 2.24) is 30.1 Å². The zero-order chi connectivity index (χ0) is 16.8. The Morgan fingerprint density at radius 3 is 2.70 bits per heavy atom. The Balaban J connectivity index is 1.84. The second-order valence-corrected chi connectivity index (χ2v) is 8.04. The summed E-state index contributed by atoms with van der Waals surface area (Å²) < 4.78 is 3.62. The molecule has 1 aliphatic rings. The predicted molar refractivity (Wildman–Crippen MR) is 86.2 cm³/mol. The molecule has 0 bridgehead atoms. The summed E-state index contributed by atoms with van der Waals surface area (Å²) in [6, 6.07) is 0. The number of carbonyl (C=O) groups is 1. The van der Waals surface area contributed by atoms with Gasteiger partial charge in [-0.2, -0.15) is 5.10 Å². The van der Waals surface area contributed by atoms with E-state index in [-0.39, 0.29) is 16.9 Å². The highest BCUT2D eigenvalue weighted by Gasteiger charge is 2.29. The smallest absolute Gasteiger partial charge is 0.254 e. The second kappa shape index (κ2) is 5.18. The maximum atomic E-state index is 12.2. The van der Waals surface area contributed by atoms with E-state index in [1.165, 1.54) is 0 Å². The first-order chi connectivity index (χ1) is 10.6. The average molecular weight is 316 g/mol. The summed E-state index contributed by atoms with van der Waals surface area (Å²) in [5.41, 5.74) is 2.26. The summed E-state index contributed by atoms with van der Waals surface area (Å²) in [7, 11) is 0. The van der Waals surface area contributed by atoms with Crippen molar-refractivity contribution in [2.24, 2.45) is 5.41 Å². The SMILES string of the molecule is CC1(C)CNC(=O)c2cn(Cc3cn(C(C)(C)C)nn3)nc2C1. The van der Waals surface area contributed by atoms with Gasteiger partial charge in [0.15, 0.2) is 0 Å². The number of fused-ring (bicyclic) bond motifs is 1. The molecule has 0 radical (unpaired) electrons. The Labute approximate surface area is 136 Å². The van der Waals surface area contributed by atoms with Gasteiger partial charge in [0.05, 0.1) is 29.5 Å². The lowest BCUT2D eigenvalue weighted by Crippen LogP contribution is -2.31. The third-order valence-electron chi connectivity index (χ3n) is 4.01. The van der Waals surface area contributed by atoms with E-state index in [9.17, 15) is 4.79 Å². The van der Waals surface area contributed by atoms with Crippen molar-refractivity contribution in [3.63, 3.8) is 0 Å². The molecular weight excluding hydrogens is 292 g/mol. The molecule has 0 aromatic carbocycles. The Bertz CT molecular complexity index is 734. The third-order valence-corrected chi connectivity index (χ3v) is 4.01.